The molecule has 0 bridgehead atoms. The Morgan fingerprint density at radius 2 is 1.56 bits per heavy atom. The molecule has 15 heteroatoms. The standard InChI is InChI=1S/C48H57N5O9S/c1-44(2,3)39(50-43(57)62-45(4,5)6)41(55)53-28-33(61-38-26-35(31-16-12-9-13-17-31)49-36-24-32(60-7)18-19-34(36)38)25-37(53)40(54)51-48(29-46(48)20-21-46)42(56)52-63(58,59)47(22-23-47)27-30-14-10-8-11-15-30/h8-19,24,26,33,37,39H,20-23,25,27-29H2,1-7H3,(H,50,57)(H,51,54)(H,52,56)/t33-,37+,39-,48-/m1/s1. The maximum atomic E-state index is 14.9. The minimum absolute atomic E-state index is 0.0324. The van der Waals surface area contributed by atoms with Gasteiger partial charge in [-0.15, -0.1) is 0 Å². The molecule has 3 aromatic carbocycles. The molecule has 1 spiro atoms. The molecule has 334 valence electrons. The number of rotatable bonds is 13. The Balaban J connectivity index is 1.10. The van der Waals surface area contributed by atoms with Gasteiger partial charge in [-0.25, -0.2) is 18.2 Å². The van der Waals surface area contributed by atoms with Gasteiger partial charge in [-0.1, -0.05) is 81.4 Å². The van der Waals surface area contributed by atoms with Crippen LogP contribution in [-0.4, -0.2) is 89.8 Å². The van der Waals surface area contributed by atoms with Gasteiger partial charge < -0.3 is 29.7 Å². The average Bonchev–Trinajstić information content (AvgIpc) is 4.19. The molecule has 4 atom stereocenters. The monoisotopic (exact) mass is 879 g/mol. The van der Waals surface area contributed by atoms with Gasteiger partial charge in [-0.05, 0) is 82.4 Å². The van der Waals surface area contributed by atoms with E-state index >= 15 is 0 Å². The molecule has 14 nitrogen and oxygen atoms in total. The van der Waals surface area contributed by atoms with Gasteiger partial charge in [0.2, 0.25) is 21.8 Å². The molecule has 3 saturated carbocycles. The van der Waals surface area contributed by atoms with Crippen LogP contribution in [0.4, 0.5) is 4.79 Å². The van der Waals surface area contributed by atoms with Gasteiger partial charge >= 0.3 is 6.09 Å². The fourth-order valence-electron chi connectivity index (χ4n) is 8.98. The second kappa shape index (κ2) is 15.8. The Labute approximate surface area is 368 Å². The number of aromatic nitrogens is 1. The van der Waals surface area contributed by atoms with Gasteiger partial charge in [0.25, 0.3) is 5.91 Å². The van der Waals surface area contributed by atoms with Crippen LogP contribution in [0.5, 0.6) is 11.5 Å². The molecule has 3 aliphatic carbocycles. The van der Waals surface area contributed by atoms with E-state index in [0.717, 1.165) is 11.1 Å². The summed E-state index contributed by atoms with van der Waals surface area (Å²) >= 11 is 0. The van der Waals surface area contributed by atoms with Crippen molar-refractivity contribution in [2.24, 2.45) is 10.8 Å². The van der Waals surface area contributed by atoms with Crippen molar-refractivity contribution in [2.45, 2.75) is 121 Å². The molecule has 8 rings (SSSR count). The van der Waals surface area contributed by atoms with Crippen molar-refractivity contribution < 1.29 is 41.8 Å². The van der Waals surface area contributed by atoms with Gasteiger partial charge in [-0.2, -0.15) is 0 Å². The van der Waals surface area contributed by atoms with Crippen molar-refractivity contribution in [3.63, 3.8) is 0 Å². The van der Waals surface area contributed by atoms with Crippen LogP contribution in [0, 0.1) is 10.8 Å². The molecule has 1 saturated heterocycles. The molecule has 4 fully saturated rings. The second-order valence-electron chi connectivity index (χ2n) is 19.8. The van der Waals surface area contributed by atoms with Gasteiger partial charge in [0.1, 0.15) is 40.8 Å². The minimum atomic E-state index is -4.13. The van der Waals surface area contributed by atoms with E-state index < -0.39 is 78.7 Å². The Morgan fingerprint density at radius 3 is 2.14 bits per heavy atom. The Bertz CT molecular complexity index is 2550. The molecule has 63 heavy (non-hydrogen) atoms. The summed E-state index contributed by atoms with van der Waals surface area (Å²) < 4.78 is 47.0. The zero-order valence-corrected chi connectivity index (χ0v) is 37.8. The molecule has 3 N–H and O–H groups in total. The van der Waals surface area contributed by atoms with E-state index in [0.29, 0.717) is 53.8 Å². The molecule has 0 radical (unpaired) electrons. The van der Waals surface area contributed by atoms with Gasteiger partial charge in [-0.3, -0.25) is 19.1 Å². The number of amides is 4. The highest BCUT2D eigenvalue weighted by Gasteiger charge is 2.79. The fourth-order valence-corrected chi connectivity index (χ4v) is 10.6. The molecule has 4 aromatic rings. The molecule has 0 unspecified atom stereocenters. The summed E-state index contributed by atoms with van der Waals surface area (Å²) in [6, 6.07) is 23.9. The van der Waals surface area contributed by atoms with Crippen molar-refractivity contribution in [1.82, 2.24) is 25.2 Å². The lowest BCUT2D eigenvalue weighted by Crippen LogP contribution is -2.60. The quantitative estimate of drug-likeness (QED) is 0.135. The van der Waals surface area contributed by atoms with E-state index in [1.165, 1.54) is 4.90 Å². The first-order valence-corrected chi connectivity index (χ1v) is 23.1. The van der Waals surface area contributed by atoms with Crippen LogP contribution in [0.25, 0.3) is 22.2 Å². The number of hydrogen-bond donors (Lipinski definition) is 3. The van der Waals surface area contributed by atoms with Gasteiger partial charge in [0.15, 0.2) is 0 Å². The molecule has 4 amide bonds. The molecule has 4 aliphatic rings. The zero-order chi connectivity index (χ0) is 45.2. The number of nitrogens with one attached hydrogen (secondary N) is 3. The lowest BCUT2D eigenvalue weighted by Gasteiger charge is -2.36. The lowest BCUT2D eigenvalue weighted by molar-refractivity contribution is -0.143. The SMILES string of the molecule is COc1ccc2c(O[C@@H]3C[C@@H](C(=O)N[C@@]4(C(=O)NS(=O)(=O)C5(Cc6ccccc6)CC5)CC45CC5)N(C(=O)[C@@H](NC(=O)OC(C)(C)C)C(C)(C)C)C3)cc(-c3ccccc3)nc2c1. The molecule has 1 aromatic heterocycles. The van der Waals surface area contributed by atoms with Gasteiger partial charge in [0, 0.05) is 34.9 Å². The summed E-state index contributed by atoms with van der Waals surface area (Å²) in [5.41, 5.74) is -0.754. The fraction of sp³-hybridized carbons (Fsp3) is 0.479. The van der Waals surface area contributed by atoms with Crippen LogP contribution in [-0.2, 0) is 35.6 Å². The smallest absolute Gasteiger partial charge is 0.408 e. The molecule has 1 aliphatic heterocycles. The van der Waals surface area contributed by atoms with Crippen LogP contribution >= 0.6 is 0 Å². The number of hydrogen-bond acceptors (Lipinski definition) is 10. The van der Waals surface area contributed by atoms with Crippen LogP contribution in [0.15, 0.2) is 84.9 Å². The van der Waals surface area contributed by atoms with Crippen LogP contribution < -0.4 is 24.8 Å². The number of fused-ring (bicyclic) bond motifs is 1. The zero-order valence-electron chi connectivity index (χ0n) is 36.9. The summed E-state index contributed by atoms with van der Waals surface area (Å²) in [6.45, 7) is 10.5. The maximum Gasteiger partial charge on any atom is 0.408 e. The highest BCUT2D eigenvalue weighted by molar-refractivity contribution is 7.91. The first-order chi connectivity index (χ1) is 29.7. The normalized spacial score (nSPS) is 22.4. The first-order valence-electron chi connectivity index (χ1n) is 21.6. The number of sulfonamides is 1. The van der Waals surface area contributed by atoms with Crippen LogP contribution in [0.3, 0.4) is 0 Å². The van der Waals surface area contributed by atoms with Crippen molar-refractivity contribution in [1.29, 1.82) is 0 Å². The summed E-state index contributed by atoms with van der Waals surface area (Å²) in [5.74, 6) is -0.834. The van der Waals surface area contributed by atoms with E-state index in [-0.39, 0.29) is 25.8 Å². The van der Waals surface area contributed by atoms with Crippen LogP contribution in [0.2, 0.25) is 0 Å². The Kier molecular flexibility index (Phi) is 11.0. The number of benzene rings is 3. The lowest BCUT2D eigenvalue weighted by atomic mass is 9.85. The van der Waals surface area contributed by atoms with E-state index in [1.54, 1.807) is 54.7 Å². The molecular formula is C48H57N5O9S. The predicted molar refractivity (Wildman–Crippen MR) is 237 cm³/mol. The highest BCUT2D eigenvalue weighted by Crippen LogP contribution is 2.73. The third-order valence-electron chi connectivity index (χ3n) is 12.9. The van der Waals surface area contributed by atoms with Crippen molar-refractivity contribution >= 4 is 44.7 Å². The Hall–Kier alpha value is -5.70. The van der Waals surface area contributed by atoms with E-state index in [2.05, 4.69) is 15.4 Å². The van der Waals surface area contributed by atoms with Crippen molar-refractivity contribution in [3.05, 3.63) is 90.5 Å². The topological polar surface area (TPSA) is 182 Å². The Morgan fingerprint density at radius 1 is 0.889 bits per heavy atom. The minimum Gasteiger partial charge on any atom is -0.497 e. The summed E-state index contributed by atoms with van der Waals surface area (Å²) in [5, 5.41) is 6.45. The first kappa shape index (κ1) is 43.9. The second-order valence-corrected chi connectivity index (χ2v) is 21.9. The average molecular weight is 880 g/mol. The number of ether oxygens (including phenoxy) is 3. The van der Waals surface area contributed by atoms with E-state index in [9.17, 15) is 27.6 Å². The van der Waals surface area contributed by atoms with Crippen molar-refractivity contribution in [2.75, 3.05) is 13.7 Å². The van der Waals surface area contributed by atoms with Crippen molar-refractivity contribution in [3.8, 4) is 22.8 Å². The maximum absolute atomic E-state index is 14.9. The number of likely N-dealkylation sites (tertiary alicyclic amines) is 1. The summed E-state index contributed by atoms with van der Waals surface area (Å²) in [7, 11) is -2.56. The highest BCUT2D eigenvalue weighted by atomic mass is 32.2. The van der Waals surface area contributed by atoms with E-state index in [1.807, 2.05) is 78.9 Å². The third kappa shape index (κ3) is 8.81. The number of pyridine rings is 1. The number of methoxy groups -OCH3 is 1. The summed E-state index contributed by atoms with van der Waals surface area (Å²) in [4.78, 5) is 63.5. The molecular weight excluding hydrogens is 823 g/mol. The van der Waals surface area contributed by atoms with E-state index in [4.69, 9.17) is 19.2 Å². The molecule has 2 heterocycles. The number of nitrogens with zero attached hydrogens (tertiary/aromatic N) is 2. The predicted octanol–water partition coefficient (Wildman–Crippen LogP) is 6.46. The summed E-state index contributed by atoms with van der Waals surface area (Å²) in [6.07, 6.45) is 1.17. The number of alkyl carbamates (subject to hydrolysis) is 1. The number of carbonyl (C=O) groups is 4. The van der Waals surface area contributed by atoms with Crippen LogP contribution in [0.1, 0.15) is 85.6 Å². The third-order valence-corrected chi connectivity index (χ3v) is 15.0. The van der Waals surface area contributed by atoms with Gasteiger partial charge in [0.05, 0.1) is 29.6 Å². The number of carbonyl (C=O) groups excluding carboxylic acids is 4. The largest absolute Gasteiger partial charge is 0.497 e.